The van der Waals surface area contributed by atoms with Crippen molar-refractivity contribution in [2.24, 2.45) is 5.92 Å². The van der Waals surface area contributed by atoms with Crippen LogP contribution < -0.4 is 5.32 Å². The van der Waals surface area contributed by atoms with E-state index in [1.807, 2.05) is 30.7 Å². The summed E-state index contributed by atoms with van der Waals surface area (Å²) in [6, 6.07) is 1.99. The minimum absolute atomic E-state index is 0.175. The molecule has 80 valence electrons. The van der Waals surface area contributed by atoms with Gasteiger partial charge in [-0.1, -0.05) is 6.92 Å². The van der Waals surface area contributed by atoms with Gasteiger partial charge in [-0.25, -0.2) is 0 Å². The number of hydrogen-bond acceptors (Lipinski definition) is 3. The fourth-order valence-electron chi connectivity index (χ4n) is 1.21. The van der Waals surface area contributed by atoms with Crippen LogP contribution in [0.4, 0.5) is 0 Å². The Kier molecular flexibility index (Phi) is 4.32. The van der Waals surface area contributed by atoms with Crippen molar-refractivity contribution in [3.05, 3.63) is 21.9 Å². The Morgan fingerprint density at radius 2 is 2.40 bits per heavy atom. The van der Waals surface area contributed by atoms with Crippen molar-refractivity contribution in [2.75, 3.05) is 0 Å². The van der Waals surface area contributed by atoms with Crippen LogP contribution in [0.1, 0.15) is 24.5 Å². The molecule has 0 fully saturated rings. The van der Waals surface area contributed by atoms with Crippen LogP contribution in [0, 0.1) is 24.2 Å². The van der Waals surface area contributed by atoms with Crippen LogP contribution in [0.25, 0.3) is 0 Å². The normalized spacial score (nSPS) is 11.8. The van der Waals surface area contributed by atoms with E-state index < -0.39 is 5.92 Å². The molecule has 0 bridgehead atoms. The van der Waals surface area contributed by atoms with Crippen LogP contribution in [0.15, 0.2) is 10.8 Å². The molecular weight excluding hydrogens is 208 g/mol. The van der Waals surface area contributed by atoms with Crippen LogP contribution in [0.3, 0.4) is 0 Å². The smallest absolute Gasteiger partial charge is 0.237 e. The zero-order valence-corrected chi connectivity index (χ0v) is 9.73. The van der Waals surface area contributed by atoms with E-state index >= 15 is 0 Å². The topological polar surface area (TPSA) is 52.9 Å². The minimum atomic E-state index is -0.524. The van der Waals surface area contributed by atoms with E-state index in [4.69, 9.17) is 5.26 Å². The lowest BCUT2D eigenvalue weighted by molar-refractivity contribution is -0.123. The van der Waals surface area contributed by atoms with Gasteiger partial charge in [-0.2, -0.15) is 16.6 Å². The average Bonchev–Trinajstić information content (AvgIpc) is 2.63. The van der Waals surface area contributed by atoms with Gasteiger partial charge in [0.25, 0.3) is 0 Å². The van der Waals surface area contributed by atoms with Crippen molar-refractivity contribution in [3.8, 4) is 6.07 Å². The maximum absolute atomic E-state index is 11.5. The SMILES string of the molecule is CCC(C#N)C(=O)NCc1cscc1C. The highest BCUT2D eigenvalue weighted by atomic mass is 32.1. The van der Waals surface area contributed by atoms with E-state index in [1.54, 1.807) is 11.3 Å². The summed E-state index contributed by atoms with van der Waals surface area (Å²) in [4.78, 5) is 11.5. The first-order valence-corrected chi connectivity index (χ1v) is 5.82. The summed E-state index contributed by atoms with van der Waals surface area (Å²) in [5, 5.41) is 15.5. The number of rotatable bonds is 4. The number of carbonyl (C=O) groups is 1. The largest absolute Gasteiger partial charge is 0.351 e. The number of carbonyl (C=O) groups excluding carboxylic acids is 1. The van der Waals surface area contributed by atoms with Gasteiger partial charge in [-0.15, -0.1) is 0 Å². The van der Waals surface area contributed by atoms with Gasteiger partial charge in [0, 0.05) is 6.54 Å². The van der Waals surface area contributed by atoms with E-state index in [1.165, 1.54) is 5.56 Å². The van der Waals surface area contributed by atoms with Gasteiger partial charge >= 0.3 is 0 Å². The molecule has 15 heavy (non-hydrogen) atoms. The fourth-order valence-corrected chi connectivity index (χ4v) is 2.07. The minimum Gasteiger partial charge on any atom is -0.351 e. The molecule has 1 aromatic heterocycles. The van der Waals surface area contributed by atoms with Crippen LogP contribution in [0.5, 0.6) is 0 Å². The van der Waals surface area contributed by atoms with Crippen LogP contribution in [0.2, 0.25) is 0 Å². The first-order valence-electron chi connectivity index (χ1n) is 4.88. The quantitative estimate of drug-likeness (QED) is 0.849. The molecule has 0 aliphatic heterocycles. The Morgan fingerprint density at radius 3 is 2.87 bits per heavy atom. The van der Waals surface area contributed by atoms with Gasteiger partial charge in [0.1, 0.15) is 5.92 Å². The predicted molar refractivity (Wildman–Crippen MR) is 60.3 cm³/mol. The van der Waals surface area contributed by atoms with E-state index in [9.17, 15) is 4.79 Å². The summed E-state index contributed by atoms with van der Waals surface area (Å²) < 4.78 is 0. The summed E-state index contributed by atoms with van der Waals surface area (Å²) >= 11 is 1.62. The second-order valence-corrected chi connectivity index (χ2v) is 4.13. The van der Waals surface area contributed by atoms with Crippen LogP contribution in [-0.4, -0.2) is 5.91 Å². The Balaban J connectivity index is 2.48. The molecule has 1 aromatic rings. The van der Waals surface area contributed by atoms with Crippen molar-refractivity contribution < 1.29 is 4.79 Å². The lowest BCUT2D eigenvalue weighted by Crippen LogP contribution is -2.29. The predicted octanol–water partition coefficient (Wildman–Crippen LogP) is 2.22. The number of thiophene rings is 1. The molecule has 0 saturated heterocycles. The first kappa shape index (κ1) is 11.7. The molecule has 0 aliphatic carbocycles. The number of amides is 1. The van der Waals surface area contributed by atoms with Crippen molar-refractivity contribution in [1.29, 1.82) is 5.26 Å². The third-order valence-corrected chi connectivity index (χ3v) is 3.21. The highest BCUT2D eigenvalue weighted by Crippen LogP contribution is 2.13. The monoisotopic (exact) mass is 222 g/mol. The molecule has 0 saturated carbocycles. The highest BCUT2D eigenvalue weighted by molar-refractivity contribution is 7.08. The molecule has 3 nitrogen and oxygen atoms in total. The number of aryl methyl sites for hydroxylation is 1. The standard InChI is InChI=1S/C11H14N2OS/c1-3-9(4-12)11(14)13-5-10-7-15-6-8(10)2/h6-7,9H,3,5H2,1-2H3,(H,13,14). The number of nitrogens with zero attached hydrogens (tertiary/aromatic N) is 1. The van der Waals surface area contributed by atoms with Gasteiger partial charge in [-0.05, 0) is 35.2 Å². The zero-order valence-electron chi connectivity index (χ0n) is 8.91. The number of nitriles is 1. The third kappa shape index (κ3) is 3.07. The molecule has 4 heteroatoms. The molecule has 0 aliphatic rings. The molecule has 0 spiro atoms. The van der Waals surface area contributed by atoms with Crippen molar-refractivity contribution in [3.63, 3.8) is 0 Å². The van der Waals surface area contributed by atoms with Crippen molar-refractivity contribution in [2.45, 2.75) is 26.8 Å². The van der Waals surface area contributed by atoms with Gasteiger partial charge in [0.15, 0.2) is 0 Å². The Morgan fingerprint density at radius 1 is 1.67 bits per heavy atom. The molecule has 0 radical (unpaired) electrons. The van der Waals surface area contributed by atoms with E-state index in [2.05, 4.69) is 5.32 Å². The van der Waals surface area contributed by atoms with E-state index in [0.29, 0.717) is 13.0 Å². The highest BCUT2D eigenvalue weighted by Gasteiger charge is 2.14. The number of nitrogens with one attached hydrogen (secondary N) is 1. The van der Waals surface area contributed by atoms with E-state index in [-0.39, 0.29) is 5.91 Å². The fraction of sp³-hybridized carbons (Fsp3) is 0.455. The third-order valence-electron chi connectivity index (χ3n) is 2.30. The first-order chi connectivity index (χ1) is 7.19. The van der Waals surface area contributed by atoms with Gasteiger partial charge in [0.05, 0.1) is 6.07 Å². The second-order valence-electron chi connectivity index (χ2n) is 3.39. The molecule has 1 rings (SSSR count). The summed E-state index contributed by atoms with van der Waals surface area (Å²) in [6.45, 7) is 4.37. The molecule has 1 atom stereocenters. The van der Waals surface area contributed by atoms with Gasteiger partial charge in [-0.3, -0.25) is 4.79 Å². The Labute approximate surface area is 93.7 Å². The summed E-state index contributed by atoms with van der Waals surface area (Å²) in [5.41, 5.74) is 2.31. The average molecular weight is 222 g/mol. The second kappa shape index (κ2) is 5.52. The molecule has 1 N–H and O–H groups in total. The number of hydrogen-bond donors (Lipinski definition) is 1. The van der Waals surface area contributed by atoms with Crippen molar-refractivity contribution in [1.82, 2.24) is 5.32 Å². The molecular formula is C11H14N2OS. The summed E-state index contributed by atoms with van der Waals surface area (Å²) in [7, 11) is 0. The maximum Gasteiger partial charge on any atom is 0.237 e. The summed E-state index contributed by atoms with van der Waals surface area (Å²) in [5.74, 6) is -0.699. The van der Waals surface area contributed by atoms with Crippen molar-refractivity contribution >= 4 is 17.2 Å². The van der Waals surface area contributed by atoms with Crippen LogP contribution in [-0.2, 0) is 11.3 Å². The Hall–Kier alpha value is -1.34. The lowest BCUT2D eigenvalue weighted by Gasteiger charge is -2.07. The van der Waals surface area contributed by atoms with Gasteiger partial charge in [0.2, 0.25) is 5.91 Å². The Bertz CT molecular complexity index is 378. The molecule has 1 heterocycles. The van der Waals surface area contributed by atoms with E-state index in [0.717, 1.165) is 5.56 Å². The van der Waals surface area contributed by atoms with Crippen LogP contribution >= 0.6 is 11.3 Å². The lowest BCUT2D eigenvalue weighted by atomic mass is 10.1. The molecule has 1 amide bonds. The molecule has 1 unspecified atom stereocenters. The zero-order chi connectivity index (χ0) is 11.3. The maximum atomic E-state index is 11.5. The summed E-state index contributed by atoms with van der Waals surface area (Å²) in [6.07, 6.45) is 0.560. The molecule has 0 aromatic carbocycles. The van der Waals surface area contributed by atoms with Gasteiger partial charge < -0.3 is 5.32 Å².